The van der Waals surface area contributed by atoms with Crippen molar-refractivity contribution in [1.29, 1.82) is 0 Å². The Balaban J connectivity index is 1.79. The molecule has 0 aliphatic rings. The summed E-state index contributed by atoms with van der Waals surface area (Å²) in [5.41, 5.74) is 2.87. The third-order valence-electron chi connectivity index (χ3n) is 4.44. The average Bonchev–Trinajstić information content (AvgIpc) is 3.38. The maximum atomic E-state index is 12.7. The summed E-state index contributed by atoms with van der Waals surface area (Å²) in [7, 11) is 6.56. The second-order valence-corrected chi connectivity index (χ2v) is 6.88. The van der Waals surface area contributed by atoms with Crippen molar-refractivity contribution in [2.45, 2.75) is 6.10 Å². The van der Waals surface area contributed by atoms with Gasteiger partial charge in [0.05, 0.1) is 19.9 Å². The fourth-order valence-corrected chi connectivity index (χ4v) is 3.60. The minimum atomic E-state index is -0.222. The lowest BCUT2D eigenvalue weighted by molar-refractivity contribution is 0.0822. The molecule has 2 heterocycles. The molecular weight excluding hydrogens is 378 g/mol. The molecule has 2 aromatic heterocycles. The molecule has 28 heavy (non-hydrogen) atoms. The number of carbonyl (C=O) groups is 1. The number of hydrogen-bond donors (Lipinski definition) is 1. The molecule has 148 valence electrons. The highest BCUT2D eigenvalue weighted by atomic mass is 32.1. The van der Waals surface area contributed by atoms with E-state index in [-0.39, 0.29) is 12.0 Å². The monoisotopic (exact) mass is 401 g/mol. The zero-order valence-corrected chi connectivity index (χ0v) is 17.1. The van der Waals surface area contributed by atoms with E-state index in [2.05, 4.69) is 10.4 Å². The second kappa shape index (κ2) is 8.90. The van der Waals surface area contributed by atoms with Crippen molar-refractivity contribution in [2.24, 2.45) is 7.05 Å². The standard InChI is InChI=1S/C20H23N3O4S/c1-23-17(20(24)21-11-19(27-4)13-7-8-28-12-13)10-16(22-23)15-9-14(25-2)5-6-18(15)26-3/h5-10,12,19H,11H2,1-4H3,(H,21,24). The second-order valence-electron chi connectivity index (χ2n) is 6.10. The third kappa shape index (κ3) is 4.18. The van der Waals surface area contributed by atoms with Crippen LogP contribution in [0.25, 0.3) is 11.3 Å². The van der Waals surface area contributed by atoms with E-state index in [1.807, 2.05) is 35.0 Å². The van der Waals surface area contributed by atoms with E-state index in [0.29, 0.717) is 29.4 Å². The van der Waals surface area contributed by atoms with E-state index in [9.17, 15) is 4.79 Å². The average molecular weight is 401 g/mol. The van der Waals surface area contributed by atoms with Gasteiger partial charge in [-0.25, -0.2) is 0 Å². The first-order valence-corrected chi connectivity index (χ1v) is 9.61. The Morgan fingerprint density at radius 1 is 1.21 bits per heavy atom. The van der Waals surface area contributed by atoms with E-state index in [1.165, 1.54) is 0 Å². The van der Waals surface area contributed by atoms with E-state index < -0.39 is 0 Å². The lowest BCUT2D eigenvalue weighted by atomic mass is 10.1. The van der Waals surface area contributed by atoms with Gasteiger partial charge in [0.1, 0.15) is 23.3 Å². The Hall–Kier alpha value is -2.84. The SMILES string of the molecule is COc1ccc(OC)c(-c2cc(C(=O)NCC(OC)c3ccsc3)n(C)n2)c1. The summed E-state index contributed by atoms with van der Waals surface area (Å²) in [5, 5.41) is 11.4. The van der Waals surface area contributed by atoms with Gasteiger partial charge in [0, 0.05) is 26.3 Å². The number of nitrogens with zero attached hydrogens (tertiary/aromatic N) is 2. The Bertz CT molecular complexity index is 937. The lowest BCUT2D eigenvalue weighted by Crippen LogP contribution is -2.30. The van der Waals surface area contributed by atoms with Crippen LogP contribution in [-0.2, 0) is 11.8 Å². The number of rotatable bonds is 8. The van der Waals surface area contributed by atoms with Gasteiger partial charge in [0.15, 0.2) is 0 Å². The van der Waals surface area contributed by atoms with Gasteiger partial charge >= 0.3 is 0 Å². The molecule has 1 unspecified atom stereocenters. The first kappa shape index (κ1) is 19.9. The smallest absolute Gasteiger partial charge is 0.269 e. The Labute approximate surface area is 167 Å². The largest absolute Gasteiger partial charge is 0.497 e. The minimum Gasteiger partial charge on any atom is -0.497 e. The molecule has 0 spiro atoms. The molecule has 1 amide bonds. The minimum absolute atomic E-state index is 0.193. The van der Waals surface area contributed by atoms with Crippen LogP contribution in [-0.4, -0.2) is 43.6 Å². The van der Waals surface area contributed by atoms with E-state index in [4.69, 9.17) is 14.2 Å². The van der Waals surface area contributed by atoms with Crippen LogP contribution in [0.1, 0.15) is 22.2 Å². The van der Waals surface area contributed by atoms with Crippen LogP contribution < -0.4 is 14.8 Å². The van der Waals surface area contributed by atoms with Crippen molar-refractivity contribution < 1.29 is 19.0 Å². The third-order valence-corrected chi connectivity index (χ3v) is 5.14. The maximum Gasteiger partial charge on any atom is 0.269 e. The summed E-state index contributed by atoms with van der Waals surface area (Å²) in [4.78, 5) is 12.7. The van der Waals surface area contributed by atoms with E-state index in [0.717, 1.165) is 11.1 Å². The molecule has 0 bridgehead atoms. The molecule has 8 heteroatoms. The van der Waals surface area contributed by atoms with Crippen molar-refractivity contribution in [3.63, 3.8) is 0 Å². The van der Waals surface area contributed by atoms with Gasteiger partial charge in [0.25, 0.3) is 5.91 Å². The number of amides is 1. The van der Waals surface area contributed by atoms with Crippen LogP contribution in [0, 0.1) is 0 Å². The topological polar surface area (TPSA) is 74.6 Å². The first-order valence-electron chi connectivity index (χ1n) is 8.67. The number of carbonyl (C=O) groups excluding carboxylic acids is 1. The zero-order valence-electron chi connectivity index (χ0n) is 16.3. The van der Waals surface area contributed by atoms with Gasteiger partial charge in [0.2, 0.25) is 0 Å². The molecule has 7 nitrogen and oxygen atoms in total. The number of aryl methyl sites for hydroxylation is 1. The quantitative estimate of drug-likeness (QED) is 0.627. The first-order chi connectivity index (χ1) is 13.6. The normalized spacial score (nSPS) is 11.9. The number of nitrogens with one attached hydrogen (secondary N) is 1. The van der Waals surface area contributed by atoms with Crippen LogP contribution >= 0.6 is 11.3 Å². The number of ether oxygens (including phenoxy) is 3. The number of methoxy groups -OCH3 is 3. The van der Waals surface area contributed by atoms with E-state index >= 15 is 0 Å². The van der Waals surface area contributed by atoms with Crippen molar-refractivity contribution in [3.8, 4) is 22.8 Å². The molecular formula is C20H23N3O4S. The van der Waals surface area contributed by atoms with Crippen LogP contribution in [0.3, 0.4) is 0 Å². The molecule has 0 fully saturated rings. The predicted molar refractivity (Wildman–Crippen MR) is 108 cm³/mol. The number of aromatic nitrogens is 2. The van der Waals surface area contributed by atoms with Gasteiger partial charge in [-0.15, -0.1) is 0 Å². The van der Waals surface area contributed by atoms with Crippen molar-refractivity contribution in [2.75, 3.05) is 27.9 Å². The summed E-state index contributed by atoms with van der Waals surface area (Å²) >= 11 is 1.59. The highest BCUT2D eigenvalue weighted by Crippen LogP contribution is 2.33. The van der Waals surface area contributed by atoms with Gasteiger partial charge in [-0.05, 0) is 46.7 Å². The van der Waals surface area contributed by atoms with Gasteiger partial charge in [-0.2, -0.15) is 16.4 Å². The summed E-state index contributed by atoms with van der Waals surface area (Å²) in [6, 6.07) is 9.18. The fourth-order valence-electron chi connectivity index (χ4n) is 2.90. The van der Waals surface area contributed by atoms with Crippen molar-refractivity contribution >= 4 is 17.2 Å². The maximum absolute atomic E-state index is 12.7. The summed E-state index contributed by atoms with van der Waals surface area (Å²) in [6.07, 6.45) is -0.193. The highest BCUT2D eigenvalue weighted by molar-refractivity contribution is 7.07. The molecule has 0 aliphatic carbocycles. The molecule has 0 aliphatic heterocycles. The molecule has 1 N–H and O–H groups in total. The van der Waals surface area contributed by atoms with Gasteiger partial charge in [-0.1, -0.05) is 0 Å². The van der Waals surface area contributed by atoms with Crippen LogP contribution in [0.4, 0.5) is 0 Å². The Morgan fingerprint density at radius 3 is 2.68 bits per heavy atom. The molecule has 3 rings (SSSR count). The molecule has 3 aromatic rings. The van der Waals surface area contributed by atoms with Gasteiger partial charge in [-0.3, -0.25) is 9.48 Å². The molecule has 0 saturated heterocycles. The number of thiophene rings is 1. The summed E-state index contributed by atoms with van der Waals surface area (Å²) in [6.45, 7) is 0.370. The van der Waals surface area contributed by atoms with Crippen LogP contribution in [0.2, 0.25) is 0 Å². The Morgan fingerprint density at radius 2 is 2.04 bits per heavy atom. The van der Waals surface area contributed by atoms with Gasteiger partial charge < -0.3 is 19.5 Å². The number of hydrogen-bond acceptors (Lipinski definition) is 6. The lowest BCUT2D eigenvalue weighted by Gasteiger charge is -2.14. The van der Waals surface area contributed by atoms with Crippen LogP contribution in [0.5, 0.6) is 11.5 Å². The highest BCUT2D eigenvalue weighted by Gasteiger charge is 2.19. The zero-order chi connectivity index (χ0) is 20.1. The number of benzene rings is 1. The summed E-state index contributed by atoms with van der Waals surface area (Å²) < 4.78 is 17.7. The Kier molecular flexibility index (Phi) is 6.33. The molecule has 1 atom stereocenters. The summed E-state index contributed by atoms with van der Waals surface area (Å²) in [5.74, 6) is 1.12. The van der Waals surface area contributed by atoms with Crippen molar-refractivity contribution in [1.82, 2.24) is 15.1 Å². The predicted octanol–water partition coefficient (Wildman–Crippen LogP) is 3.28. The van der Waals surface area contributed by atoms with E-state index in [1.54, 1.807) is 50.5 Å². The van der Waals surface area contributed by atoms with Crippen molar-refractivity contribution in [3.05, 3.63) is 52.3 Å². The molecule has 1 aromatic carbocycles. The van der Waals surface area contributed by atoms with Crippen LogP contribution in [0.15, 0.2) is 41.1 Å². The fraction of sp³-hybridized carbons (Fsp3) is 0.300. The molecule has 0 saturated carbocycles. The molecule has 0 radical (unpaired) electrons.